The predicted octanol–water partition coefficient (Wildman–Crippen LogP) is 3.41. The second kappa shape index (κ2) is 23.5. The van der Waals surface area contributed by atoms with Crippen molar-refractivity contribution >= 4 is 17.9 Å². The summed E-state index contributed by atoms with van der Waals surface area (Å²) in [6.45, 7) is 2.27. The van der Waals surface area contributed by atoms with Crippen molar-refractivity contribution in [2.75, 3.05) is 0 Å². The zero-order chi connectivity index (χ0) is 24.0. The molecule has 33 heavy (non-hydrogen) atoms. The number of unbranched alkanes of at least 4 members (excludes halogenated alkanes) is 14. The SMILES string of the molecule is CCCCCCCCCCCCCCCCCC(=O)[O-].O=C([O-])c1ccc(C(=O)[O-])cc1.[Ti+3]. The summed E-state index contributed by atoms with van der Waals surface area (Å²) in [4.78, 5) is 30.6. The van der Waals surface area contributed by atoms with Gasteiger partial charge in [-0.1, -0.05) is 121 Å². The number of carbonyl (C=O) groups excluding carboxylic acids is 3. The van der Waals surface area contributed by atoms with Gasteiger partial charge in [-0.15, -0.1) is 0 Å². The molecule has 0 fully saturated rings. The van der Waals surface area contributed by atoms with Gasteiger partial charge in [-0.25, -0.2) is 0 Å². The zero-order valence-electron chi connectivity index (χ0n) is 20.1. The fraction of sp³-hybridized carbons (Fsp3) is 0.654. The van der Waals surface area contributed by atoms with Crippen molar-refractivity contribution in [3.63, 3.8) is 0 Å². The molecule has 0 bridgehead atoms. The molecule has 0 saturated carbocycles. The largest absolute Gasteiger partial charge is 3.00 e. The minimum atomic E-state index is -1.33. The first-order chi connectivity index (χ1) is 15.4. The molecule has 0 atom stereocenters. The monoisotopic (exact) mass is 495 g/mol. The van der Waals surface area contributed by atoms with Crippen molar-refractivity contribution < 1.29 is 51.4 Å². The van der Waals surface area contributed by atoms with Gasteiger partial charge in [-0.05, 0) is 24.0 Å². The van der Waals surface area contributed by atoms with Crippen LogP contribution in [0.5, 0.6) is 0 Å². The molecule has 0 heterocycles. The molecular weight excluding hydrogens is 456 g/mol. The first-order valence-corrected chi connectivity index (χ1v) is 12.1. The molecule has 6 nitrogen and oxygen atoms in total. The molecule has 1 radical (unpaired) electrons. The molecule has 0 amide bonds. The average Bonchev–Trinajstić information content (AvgIpc) is 2.76. The van der Waals surface area contributed by atoms with Crippen molar-refractivity contribution in [2.45, 2.75) is 110 Å². The summed E-state index contributed by atoms with van der Waals surface area (Å²) in [7, 11) is 0. The van der Waals surface area contributed by atoms with E-state index in [0.717, 1.165) is 37.1 Å². The Morgan fingerprint density at radius 3 is 1.06 bits per heavy atom. The van der Waals surface area contributed by atoms with Gasteiger partial charge < -0.3 is 29.7 Å². The molecule has 1 rings (SSSR count). The van der Waals surface area contributed by atoms with Crippen LogP contribution in [0.25, 0.3) is 0 Å². The normalized spacial score (nSPS) is 9.97. The van der Waals surface area contributed by atoms with Crippen molar-refractivity contribution in [1.82, 2.24) is 0 Å². The summed E-state index contributed by atoms with van der Waals surface area (Å²) < 4.78 is 0. The summed E-state index contributed by atoms with van der Waals surface area (Å²) in [5.74, 6) is -3.57. The van der Waals surface area contributed by atoms with Gasteiger partial charge in [0.05, 0.1) is 11.9 Å². The predicted molar refractivity (Wildman–Crippen MR) is 120 cm³/mol. The number of carboxylic acids is 3. The van der Waals surface area contributed by atoms with Crippen LogP contribution in [0.3, 0.4) is 0 Å². The number of carboxylic acid groups (broad SMARTS) is 3. The van der Waals surface area contributed by atoms with Crippen LogP contribution < -0.4 is 15.3 Å². The van der Waals surface area contributed by atoms with Gasteiger partial charge in [0.25, 0.3) is 0 Å². The maximum Gasteiger partial charge on any atom is 3.00 e. The number of carbonyl (C=O) groups is 3. The third-order valence-corrected chi connectivity index (χ3v) is 5.34. The molecule has 183 valence electrons. The van der Waals surface area contributed by atoms with E-state index in [1.54, 1.807) is 0 Å². The van der Waals surface area contributed by atoms with E-state index in [4.69, 9.17) is 0 Å². The molecule has 0 spiro atoms. The quantitative estimate of drug-likeness (QED) is 0.227. The standard InChI is InChI=1S/C18H36O2.C8H6O4.Ti/c1-2-3-4-5-6-7-8-9-10-11-12-13-14-15-16-17-18(19)20;9-7(10)5-1-2-6(4-3-5)8(11)12;/h2-17H2,1H3,(H,19,20);1-4H,(H,9,10)(H,11,12);/q;;+3/p-3. The van der Waals surface area contributed by atoms with Crippen LogP contribution in [-0.2, 0) is 26.5 Å². The van der Waals surface area contributed by atoms with Gasteiger partial charge in [-0.2, -0.15) is 0 Å². The Hall–Kier alpha value is -1.66. The maximum atomic E-state index is 10.2. The minimum Gasteiger partial charge on any atom is -0.550 e. The summed E-state index contributed by atoms with van der Waals surface area (Å²) in [5, 5.41) is 30.6. The number of aliphatic carboxylic acids is 1. The van der Waals surface area contributed by atoms with E-state index in [9.17, 15) is 29.7 Å². The molecule has 0 N–H and O–H groups in total. The average molecular weight is 495 g/mol. The van der Waals surface area contributed by atoms with Gasteiger partial charge in [-0.3, -0.25) is 0 Å². The summed E-state index contributed by atoms with van der Waals surface area (Å²) >= 11 is 0. The molecule has 0 saturated heterocycles. The smallest absolute Gasteiger partial charge is 0.550 e. The van der Waals surface area contributed by atoms with Crippen LogP contribution in [0.4, 0.5) is 0 Å². The zero-order valence-corrected chi connectivity index (χ0v) is 21.6. The molecule has 0 unspecified atom stereocenters. The Kier molecular flexibility index (Phi) is 23.9. The summed E-state index contributed by atoms with van der Waals surface area (Å²) in [5.41, 5.74) is -0.111. The Labute approximate surface area is 214 Å². The van der Waals surface area contributed by atoms with Crippen molar-refractivity contribution in [1.29, 1.82) is 0 Å². The molecule has 0 aliphatic rings. The molecule has 1 aromatic rings. The minimum absolute atomic E-state index is 0. The van der Waals surface area contributed by atoms with E-state index >= 15 is 0 Å². The number of aromatic carboxylic acids is 2. The summed E-state index contributed by atoms with van der Waals surface area (Å²) in [6.07, 6.45) is 19.9. The van der Waals surface area contributed by atoms with Gasteiger partial charge in [0.1, 0.15) is 0 Å². The topological polar surface area (TPSA) is 120 Å². The molecule has 0 aromatic heterocycles. The number of benzene rings is 1. The molecule has 1 aromatic carbocycles. The van der Waals surface area contributed by atoms with Gasteiger partial charge in [0.15, 0.2) is 0 Å². The second-order valence-electron chi connectivity index (χ2n) is 8.22. The first-order valence-electron chi connectivity index (χ1n) is 12.1. The number of rotatable bonds is 18. The van der Waals surface area contributed by atoms with Gasteiger partial charge in [0.2, 0.25) is 0 Å². The van der Waals surface area contributed by atoms with Gasteiger partial charge >= 0.3 is 21.7 Å². The van der Waals surface area contributed by atoms with Crippen LogP contribution in [0.2, 0.25) is 0 Å². The number of hydrogen-bond donors (Lipinski definition) is 0. The maximum absolute atomic E-state index is 10.2. The van der Waals surface area contributed by atoms with Crippen LogP contribution >= 0.6 is 0 Å². The van der Waals surface area contributed by atoms with Crippen molar-refractivity contribution in [3.8, 4) is 0 Å². The van der Waals surface area contributed by atoms with E-state index in [-0.39, 0.29) is 39.3 Å². The molecule has 0 aliphatic heterocycles. The van der Waals surface area contributed by atoms with Gasteiger partial charge in [0, 0.05) is 5.97 Å². The Bertz CT molecular complexity index is 597. The first kappa shape index (κ1) is 33.5. The molecule has 0 aliphatic carbocycles. The molecule has 7 heteroatoms. The van der Waals surface area contributed by atoms with E-state index in [0.29, 0.717) is 0 Å². The Balaban J connectivity index is 0. The fourth-order valence-corrected chi connectivity index (χ4v) is 3.38. The third kappa shape index (κ3) is 21.9. The van der Waals surface area contributed by atoms with Crippen LogP contribution in [0.15, 0.2) is 24.3 Å². The van der Waals surface area contributed by atoms with E-state index in [2.05, 4.69) is 6.92 Å². The van der Waals surface area contributed by atoms with E-state index < -0.39 is 17.9 Å². The molecular formula is C26H39O6Ti. The second-order valence-corrected chi connectivity index (χ2v) is 8.22. The van der Waals surface area contributed by atoms with E-state index in [1.165, 1.54) is 83.5 Å². The van der Waals surface area contributed by atoms with Crippen LogP contribution in [0.1, 0.15) is 130 Å². The van der Waals surface area contributed by atoms with Crippen LogP contribution in [0, 0.1) is 0 Å². The van der Waals surface area contributed by atoms with Crippen molar-refractivity contribution in [2.24, 2.45) is 0 Å². The summed E-state index contributed by atoms with van der Waals surface area (Å²) in [6, 6.07) is 4.61. The van der Waals surface area contributed by atoms with E-state index in [1.807, 2.05) is 0 Å². The Morgan fingerprint density at radius 1 is 0.545 bits per heavy atom. The van der Waals surface area contributed by atoms with Crippen molar-refractivity contribution in [3.05, 3.63) is 35.4 Å². The Morgan fingerprint density at radius 2 is 0.818 bits per heavy atom. The number of hydrogen-bond acceptors (Lipinski definition) is 6. The third-order valence-electron chi connectivity index (χ3n) is 5.34. The van der Waals surface area contributed by atoms with Crippen LogP contribution in [-0.4, -0.2) is 17.9 Å². The fourth-order valence-electron chi connectivity index (χ4n) is 3.38.